The van der Waals surface area contributed by atoms with Gasteiger partial charge in [-0.3, -0.25) is 14.2 Å². The molecule has 1 spiro atoms. The van der Waals surface area contributed by atoms with Gasteiger partial charge < -0.3 is 10.5 Å². The highest BCUT2D eigenvalue weighted by molar-refractivity contribution is 7.99. The molecule has 1 amide bonds. The van der Waals surface area contributed by atoms with E-state index in [0.29, 0.717) is 16.6 Å². The van der Waals surface area contributed by atoms with E-state index in [-0.39, 0.29) is 16.7 Å². The van der Waals surface area contributed by atoms with Crippen LogP contribution in [0.4, 0.5) is 0 Å². The molecule has 1 aromatic heterocycles. The van der Waals surface area contributed by atoms with Crippen molar-refractivity contribution in [3.8, 4) is 22.7 Å². The number of methoxy groups -OCH3 is 1. The summed E-state index contributed by atoms with van der Waals surface area (Å²) in [6.45, 7) is 0. The van der Waals surface area contributed by atoms with Crippen LogP contribution in [0.15, 0.2) is 58.5 Å². The standard InChI is InChI=1S/C26H27N3O3S/c1-32-19-10-7-9-18(14-19)29-24(31)22-23(28-25(29)33-16-21(27)30)20-11-4-3-8-17(20)15-26(22)12-5-2-6-13-26/h3-4,7-11,14H,2,5-6,12-13,15-16H2,1H3,(H2,27,30). The van der Waals surface area contributed by atoms with Crippen LogP contribution in [0.5, 0.6) is 5.75 Å². The van der Waals surface area contributed by atoms with Gasteiger partial charge >= 0.3 is 0 Å². The van der Waals surface area contributed by atoms with Gasteiger partial charge in [0.05, 0.1) is 29.8 Å². The minimum absolute atomic E-state index is 0.0436. The van der Waals surface area contributed by atoms with E-state index < -0.39 is 5.91 Å². The fourth-order valence-electron chi connectivity index (χ4n) is 5.40. The van der Waals surface area contributed by atoms with Crippen molar-refractivity contribution in [2.45, 2.75) is 49.1 Å². The molecule has 6 nitrogen and oxygen atoms in total. The SMILES string of the molecule is COc1cccc(-n2c(SCC(N)=O)nc3c(c2=O)C2(CCCCC2)Cc2ccccc2-3)c1. The number of fused-ring (bicyclic) bond motifs is 4. The first kappa shape index (κ1) is 21.8. The Balaban J connectivity index is 1.81. The van der Waals surface area contributed by atoms with Gasteiger partial charge in [-0.2, -0.15) is 0 Å². The van der Waals surface area contributed by atoms with Gasteiger partial charge in [0.15, 0.2) is 5.16 Å². The topological polar surface area (TPSA) is 87.2 Å². The second kappa shape index (κ2) is 8.71. The van der Waals surface area contributed by atoms with Crippen LogP contribution in [0.1, 0.15) is 43.2 Å². The van der Waals surface area contributed by atoms with Crippen LogP contribution >= 0.6 is 11.8 Å². The Kier molecular flexibility index (Phi) is 5.74. The number of aromatic nitrogens is 2. The van der Waals surface area contributed by atoms with Crippen molar-refractivity contribution >= 4 is 17.7 Å². The second-order valence-corrected chi connectivity index (χ2v) is 9.83. The second-order valence-electron chi connectivity index (χ2n) is 8.89. The molecule has 0 saturated heterocycles. The molecule has 2 aliphatic carbocycles. The average molecular weight is 462 g/mol. The van der Waals surface area contributed by atoms with Crippen molar-refractivity contribution in [3.05, 3.63) is 70.0 Å². The largest absolute Gasteiger partial charge is 0.497 e. The van der Waals surface area contributed by atoms with E-state index in [4.69, 9.17) is 15.5 Å². The van der Waals surface area contributed by atoms with E-state index in [2.05, 4.69) is 18.2 Å². The first-order valence-electron chi connectivity index (χ1n) is 11.3. The number of carbonyl (C=O) groups excluding carboxylic acids is 1. The number of hydrogen-bond donors (Lipinski definition) is 1. The maximum atomic E-state index is 14.3. The zero-order valence-electron chi connectivity index (χ0n) is 18.7. The van der Waals surface area contributed by atoms with Crippen LogP contribution in [-0.2, 0) is 16.6 Å². The van der Waals surface area contributed by atoms with E-state index in [1.54, 1.807) is 11.7 Å². The van der Waals surface area contributed by atoms with Gasteiger partial charge in [-0.05, 0) is 37.0 Å². The third-order valence-corrected chi connectivity index (χ3v) is 7.81. The number of rotatable bonds is 5. The monoisotopic (exact) mass is 461 g/mol. The van der Waals surface area contributed by atoms with Crippen molar-refractivity contribution in [2.24, 2.45) is 5.73 Å². The molecular formula is C26H27N3O3S. The highest BCUT2D eigenvalue weighted by atomic mass is 32.2. The molecule has 1 heterocycles. The van der Waals surface area contributed by atoms with E-state index in [9.17, 15) is 9.59 Å². The lowest BCUT2D eigenvalue weighted by atomic mass is 9.62. The molecule has 0 unspecified atom stereocenters. The molecule has 0 atom stereocenters. The molecule has 170 valence electrons. The molecule has 5 rings (SSSR count). The van der Waals surface area contributed by atoms with Crippen LogP contribution in [0.3, 0.4) is 0 Å². The average Bonchev–Trinajstić information content (AvgIpc) is 2.83. The van der Waals surface area contributed by atoms with Gasteiger partial charge in [0.1, 0.15) is 5.75 Å². The first-order valence-corrected chi connectivity index (χ1v) is 12.3. The Morgan fingerprint density at radius 2 is 1.94 bits per heavy atom. The zero-order valence-corrected chi connectivity index (χ0v) is 19.5. The summed E-state index contributed by atoms with van der Waals surface area (Å²) >= 11 is 1.20. The fourth-order valence-corrected chi connectivity index (χ4v) is 6.14. The van der Waals surface area contributed by atoms with Gasteiger partial charge in [-0.1, -0.05) is 61.4 Å². The number of thioether (sulfide) groups is 1. The molecule has 3 aromatic rings. The number of hydrogen-bond acceptors (Lipinski definition) is 5. The van der Waals surface area contributed by atoms with Gasteiger partial charge in [0.2, 0.25) is 5.91 Å². The molecule has 2 N–H and O–H groups in total. The van der Waals surface area contributed by atoms with Gasteiger partial charge in [0, 0.05) is 17.0 Å². The molecular weight excluding hydrogens is 434 g/mol. The molecule has 0 radical (unpaired) electrons. The summed E-state index contributed by atoms with van der Waals surface area (Å²) in [5, 5.41) is 0.466. The molecule has 1 fully saturated rings. The van der Waals surface area contributed by atoms with E-state index in [1.807, 2.05) is 30.3 Å². The first-order chi connectivity index (χ1) is 16.0. The van der Waals surface area contributed by atoms with Gasteiger partial charge in [-0.25, -0.2) is 4.98 Å². The lowest BCUT2D eigenvalue weighted by Crippen LogP contribution is -2.43. The smallest absolute Gasteiger partial charge is 0.263 e. The Morgan fingerprint density at radius 1 is 1.15 bits per heavy atom. The molecule has 0 bridgehead atoms. The van der Waals surface area contributed by atoms with Crippen LogP contribution in [0.2, 0.25) is 0 Å². The molecule has 7 heteroatoms. The van der Waals surface area contributed by atoms with Gasteiger partial charge in [0.25, 0.3) is 5.56 Å². The Morgan fingerprint density at radius 3 is 2.70 bits per heavy atom. The van der Waals surface area contributed by atoms with Crippen LogP contribution in [0.25, 0.3) is 16.9 Å². The van der Waals surface area contributed by atoms with Crippen molar-refractivity contribution in [2.75, 3.05) is 12.9 Å². The molecule has 0 aliphatic heterocycles. The maximum Gasteiger partial charge on any atom is 0.263 e. The maximum absolute atomic E-state index is 14.3. The fraction of sp³-hybridized carbons (Fsp3) is 0.346. The zero-order chi connectivity index (χ0) is 23.0. The molecule has 33 heavy (non-hydrogen) atoms. The van der Waals surface area contributed by atoms with E-state index in [0.717, 1.165) is 48.9 Å². The van der Waals surface area contributed by atoms with Crippen LogP contribution < -0.4 is 16.0 Å². The number of ether oxygens (including phenoxy) is 1. The van der Waals surface area contributed by atoms with E-state index >= 15 is 0 Å². The van der Waals surface area contributed by atoms with Crippen molar-refractivity contribution in [1.29, 1.82) is 0 Å². The number of amides is 1. The predicted octanol–water partition coefficient (Wildman–Crippen LogP) is 4.24. The number of nitrogens with two attached hydrogens (primary N) is 1. The van der Waals surface area contributed by atoms with Crippen LogP contribution in [-0.4, -0.2) is 28.3 Å². The van der Waals surface area contributed by atoms with Crippen LogP contribution in [0, 0.1) is 0 Å². The summed E-state index contributed by atoms with van der Waals surface area (Å²) in [6.07, 6.45) is 6.24. The lowest BCUT2D eigenvalue weighted by molar-refractivity contribution is -0.115. The Labute approximate surface area is 197 Å². The quantitative estimate of drug-likeness (QED) is 0.454. The Bertz CT molecular complexity index is 1280. The molecule has 1 saturated carbocycles. The molecule has 2 aromatic carbocycles. The Hall–Kier alpha value is -3.06. The third-order valence-electron chi connectivity index (χ3n) is 6.85. The number of primary amides is 1. The van der Waals surface area contributed by atoms with E-state index in [1.165, 1.54) is 23.7 Å². The number of carbonyl (C=O) groups is 1. The van der Waals surface area contributed by atoms with Crippen molar-refractivity contribution < 1.29 is 9.53 Å². The minimum Gasteiger partial charge on any atom is -0.497 e. The lowest BCUT2D eigenvalue weighted by Gasteiger charge is -2.42. The number of benzene rings is 2. The summed E-state index contributed by atoms with van der Waals surface area (Å²) in [6, 6.07) is 15.6. The normalized spacial score (nSPS) is 16.2. The summed E-state index contributed by atoms with van der Waals surface area (Å²) in [7, 11) is 1.60. The van der Waals surface area contributed by atoms with Crippen molar-refractivity contribution in [1.82, 2.24) is 9.55 Å². The highest BCUT2D eigenvalue weighted by Crippen LogP contribution is 2.49. The van der Waals surface area contributed by atoms with Crippen molar-refractivity contribution in [3.63, 3.8) is 0 Å². The summed E-state index contributed by atoms with van der Waals surface area (Å²) in [5.41, 5.74) is 9.67. The summed E-state index contributed by atoms with van der Waals surface area (Å²) in [4.78, 5) is 31.0. The summed E-state index contributed by atoms with van der Waals surface area (Å²) in [5.74, 6) is 0.246. The molecule has 2 aliphatic rings. The minimum atomic E-state index is -0.451. The predicted molar refractivity (Wildman–Crippen MR) is 130 cm³/mol. The highest BCUT2D eigenvalue weighted by Gasteiger charge is 2.43. The van der Waals surface area contributed by atoms with Gasteiger partial charge in [-0.15, -0.1) is 0 Å². The number of nitrogens with zero attached hydrogens (tertiary/aromatic N) is 2. The third kappa shape index (κ3) is 3.84. The summed E-state index contributed by atoms with van der Waals surface area (Å²) < 4.78 is 7.04.